The Morgan fingerprint density at radius 3 is 2.76 bits per heavy atom. The van der Waals surface area contributed by atoms with Gasteiger partial charge in [-0.3, -0.25) is 4.79 Å². The predicted molar refractivity (Wildman–Crippen MR) is 132 cm³/mol. The molecule has 1 aromatic carbocycles. The average Bonchev–Trinajstić information content (AvgIpc) is 3.11. The number of rotatable bonds is 3. The van der Waals surface area contributed by atoms with E-state index in [1.807, 2.05) is 12.1 Å². The minimum absolute atomic E-state index is 0.0634. The van der Waals surface area contributed by atoms with E-state index in [0.29, 0.717) is 34.4 Å². The third kappa shape index (κ3) is 3.86. The second kappa shape index (κ2) is 8.33. The molecule has 4 aliphatic rings. The summed E-state index contributed by atoms with van der Waals surface area (Å²) in [6.07, 6.45) is 11.0. The van der Waals surface area contributed by atoms with Gasteiger partial charge in [0.2, 0.25) is 5.91 Å². The fourth-order valence-corrected chi connectivity index (χ4v) is 8.43. The molecule has 0 radical (unpaired) electrons. The van der Waals surface area contributed by atoms with Gasteiger partial charge in [0.25, 0.3) is 0 Å². The van der Waals surface area contributed by atoms with Gasteiger partial charge in [0.1, 0.15) is 0 Å². The van der Waals surface area contributed by atoms with Crippen molar-refractivity contribution in [2.75, 3.05) is 5.32 Å². The Morgan fingerprint density at radius 1 is 1.15 bits per heavy atom. The number of nitrogens with one attached hydrogen (secondary N) is 3. The van der Waals surface area contributed by atoms with Gasteiger partial charge in [-0.2, -0.15) is 0 Å². The first-order chi connectivity index (χ1) is 15.7. The SMILES string of the molecule is CC(NC(=O)Nc1cccc(Cl)c1)[C@H]1CC[C@H]2[C@@H]3CCC4NC(=O)C=C[C@]4(C)[C@H]3CC[C@]12C. The summed E-state index contributed by atoms with van der Waals surface area (Å²) in [6, 6.07) is 7.47. The maximum atomic E-state index is 12.7. The molecular formula is C27H36ClN3O2. The minimum atomic E-state index is -0.165. The van der Waals surface area contributed by atoms with E-state index >= 15 is 0 Å². The van der Waals surface area contributed by atoms with Crippen LogP contribution in [0.25, 0.3) is 0 Å². The Balaban J connectivity index is 1.28. The summed E-state index contributed by atoms with van der Waals surface area (Å²) >= 11 is 6.05. The number of fused-ring (bicyclic) bond motifs is 5. The molecule has 0 aromatic heterocycles. The van der Waals surface area contributed by atoms with E-state index in [1.165, 1.54) is 25.7 Å². The van der Waals surface area contributed by atoms with Gasteiger partial charge in [-0.05, 0) is 98.8 Å². The maximum Gasteiger partial charge on any atom is 0.319 e. The van der Waals surface area contributed by atoms with Gasteiger partial charge in [-0.1, -0.05) is 37.6 Å². The molecule has 3 fully saturated rings. The van der Waals surface area contributed by atoms with Crippen molar-refractivity contribution < 1.29 is 9.59 Å². The number of hydrogen-bond acceptors (Lipinski definition) is 2. The second-order valence-electron chi connectivity index (χ2n) is 11.3. The van der Waals surface area contributed by atoms with Crippen LogP contribution in [0, 0.1) is 34.5 Å². The van der Waals surface area contributed by atoms with Crippen LogP contribution >= 0.6 is 11.6 Å². The summed E-state index contributed by atoms with van der Waals surface area (Å²) in [5.74, 6) is 2.54. The normalized spacial score (nSPS) is 40.1. The number of hydrogen-bond donors (Lipinski definition) is 3. The average molecular weight is 470 g/mol. The topological polar surface area (TPSA) is 70.2 Å². The van der Waals surface area contributed by atoms with Crippen molar-refractivity contribution in [3.05, 3.63) is 41.4 Å². The molecule has 6 heteroatoms. The highest BCUT2D eigenvalue weighted by atomic mass is 35.5. The van der Waals surface area contributed by atoms with Gasteiger partial charge in [-0.15, -0.1) is 0 Å². The van der Waals surface area contributed by atoms with Gasteiger partial charge >= 0.3 is 6.03 Å². The standard InChI is InChI=1S/C27H36ClN3O2/c1-16(29-25(33)30-18-6-4-5-17(28)15-18)20-8-9-21-19-7-10-23-27(3,14-12-24(32)31-23)22(19)11-13-26(20,21)2/h4-6,12,14-16,19-23H,7-11,13H2,1-3H3,(H,31,32)(H2,29,30,33)/t16?,19-,20+,21-,22-,23?,26+,27+/m0/s1. The van der Waals surface area contributed by atoms with E-state index in [-0.39, 0.29) is 34.9 Å². The van der Waals surface area contributed by atoms with Crippen molar-refractivity contribution in [3.63, 3.8) is 0 Å². The van der Waals surface area contributed by atoms with E-state index in [4.69, 9.17) is 11.6 Å². The van der Waals surface area contributed by atoms with Crippen molar-refractivity contribution in [2.24, 2.45) is 34.5 Å². The van der Waals surface area contributed by atoms with Gasteiger partial charge in [0.15, 0.2) is 0 Å². The number of urea groups is 1. The molecule has 0 saturated heterocycles. The monoisotopic (exact) mass is 469 g/mol. The van der Waals surface area contributed by atoms with Crippen LogP contribution in [0.15, 0.2) is 36.4 Å². The molecule has 3 amide bonds. The molecule has 1 heterocycles. The van der Waals surface area contributed by atoms with Crippen molar-refractivity contribution in [3.8, 4) is 0 Å². The fraction of sp³-hybridized carbons (Fsp3) is 0.630. The molecule has 178 valence electrons. The summed E-state index contributed by atoms with van der Waals surface area (Å²) < 4.78 is 0. The largest absolute Gasteiger partial charge is 0.349 e. The van der Waals surface area contributed by atoms with Crippen molar-refractivity contribution in [1.29, 1.82) is 0 Å². The quantitative estimate of drug-likeness (QED) is 0.526. The Bertz CT molecular complexity index is 980. The fourth-order valence-electron chi connectivity index (χ4n) is 8.24. The molecule has 8 atom stereocenters. The molecule has 3 aliphatic carbocycles. The lowest BCUT2D eigenvalue weighted by Crippen LogP contribution is -2.59. The third-order valence-corrected chi connectivity index (χ3v) is 10.0. The smallest absolute Gasteiger partial charge is 0.319 e. The Labute approximate surface area is 202 Å². The highest BCUT2D eigenvalue weighted by molar-refractivity contribution is 6.30. The van der Waals surface area contributed by atoms with Crippen molar-refractivity contribution in [2.45, 2.75) is 71.4 Å². The predicted octanol–water partition coefficient (Wildman–Crippen LogP) is 5.76. The lowest BCUT2D eigenvalue weighted by Gasteiger charge is -2.59. The zero-order chi connectivity index (χ0) is 23.4. The lowest BCUT2D eigenvalue weighted by molar-refractivity contribution is -0.122. The number of amides is 3. The molecule has 0 spiro atoms. The lowest BCUT2D eigenvalue weighted by atomic mass is 9.47. The molecule has 3 saturated carbocycles. The first-order valence-corrected chi connectivity index (χ1v) is 12.9. The van der Waals surface area contributed by atoms with E-state index in [9.17, 15) is 9.59 Å². The van der Waals surface area contributed by atoms with Crippen LogP contribution < -0.4 is 16.0 Å². The molecule has 2 unspecified atom stereocenters. The summed E-state index contributed by atoms with van der Waals surface area (Å²) in [5.41, 5.74) is 1.02. The van der Waals surface area contributed by atoms with Crippen molar-refractivity contribution in [1.82, 2.24) is 10.6 Å². The van der Waals surface area contributed by atoms with Crippen LogP contribution in [-0.2, 0) is 4.79 Å². The molecule has 5 nitrogen and oxygen atoms in total. The van der Waals surface area contributed by atoms with Crippen molar-refractivity contribution >= 4 is 29.2 Å². The van der Waals surface area contributed by atoms with Gasteiger partial charge in [-0.25, -0.2) is 4.79 Å². The zero-order valence-electron chi connectivity index (χ0n) is 19.9. The summed E-state index contributed by atoms with van der Waals surface area (Å²) in [4.78, 5) is 24.6. The first-order valence-electron chi connectivity index (χ1n) is 12.5. The zero-order valence-corrected chi connectivity index (χ0v) is 20.6. The molecule has 3 N–H and O–H groups in total. The van der Waals surface area contributed by atoms with E-state index in [2.05, 4.69) is 42.8 Å². The number of benzene rings is 1. The molecule has 33 heavy (non-hydrogen) atoms. The maximum absolute atomic E-state index is 12.7. The molecule has 1 aromatic rings. The first kappa shape index (κ1) is 22.8. The summed E-state index contributed by atoms with van der Waals surface area (Å²) in [6.45, 7) is 7.01. The Hall–Kier alpha value is -2.01. The van der Waals surface area contributed by atoms with Crippen LogP contribution in [0.4, 0.5) is 10.5 Å². The Kier molecular flexibility index (Phi) is 5.75. The minimum Gasteiger partial charge on any atom is -0.349 e. The van der Waals surface area contributed by atoms with Crippen LogP contribution in [0.2, 0.25) is 5.02 Å². The highest BCUT2D eigenvalue weighted by Crippen LogP contribution is 2.65. The molecule has 0 bridgehead atoms. The Morgan fingerprint density at radius 2 is 1.97 bits per heavy atom. The molecule has 1 aliphatic heterocycles. The number of carbonyl (C=O) groups is 2. The highest BCUT2D eigenvalue weighted by Gasteiger charge is 2.60. The van der Waals surface area contributed by atoms with E-state index in [0.717, 1.165) is 12.8 Å². The molecule has 5 rings (SSSR count). The van der Waals surface area contributed by atoms with Crippen LogP contribution in [-0.4, -0.2) is 24.0 Å². The number of anilines is 1. The molecular weight excluding hydrogens is 434 g/mol. The second-order valence-corrected chi connectivity index (χ2v) is 11.8. The van der Waals surface area contributed by atoms with E-state index in [1.54, 1.807) is 18.2 Å². The third-order valence-electron chi connectivity index (χ3n) is 9.80. The summed E-state index contributed by atoms with van der Waals surface area (Å²) in [7, 11) is 0. The summed E-state index contributed by atoms with van der Waals surface area (Å²) in [5, 5.41) is 10.0. The van der Waals surface area contributed by atoms with Crippen LogP contribution in [0.5, 0.6) is 0 Å². The van der Waals surface area contributed by atoms with E-state index < -0.39 is 0 Å². The van der Waals surface area contributed by atoms with Gasteiger partial charge < -0.3 is 16.0 Å². The van der Waals surface area contributed by atoms with Crippen LogP contribution in [0.3, 0.4) is 0 Å². The number of halogens is 1. The number of carbonyl (C=O) groups excluding carboxylic acids is 2. The van der Waals surface area contributed by atoms with Gasteiger partial charge in [0, 0.05) is 28.2 Å². The van der Waals surface area contributed by atoms with Gasteiger partial charge in [0.05, 0.1) is 0 Å². The van der Waals surface area contributed by atoms with Crippen LogP contribution in [0.1, 0.15) is 59.3 Å².